The molecule has 4 aromatic rings. The molecule has 0 atom stereocenters. The van der Waals surface area contributed by atoms with Gasteiger partial charge in [0.05, 0.1) is 28.0 Å². The second-order valence-corrected chi connectivity index (χ2v) is 6.37. The average Bonchev–Trinajstić information content (AvgIpc) is 3.22. The van der Waals surface area contributed by atoms with Gasteiger partial charge in [0.2, 0.25) is 0 Å². The summed E-state index contributed by atoms with van der Waals surface area (Å²) in [4.78, 5) is 24.2. The number of H-pyrrole nitrogens is 2. The summed E-state index contributed by atoms with van der Waals surface area (Å²) in [6.07, 6.45) is 0. The standard InChI is InChI=1S/C19H19N5O/c1-10-9-11(2)24(23-10)19(25)16-12(3)17(20-13(16)4)18-21-14-7-5-6-8-15(14)22-18/h5-9,20H,1-4H3,(H,21,22). The molecule has 4 rings (SSSR count). The van der Waals surface area contributed by atoms with Crippen molar-refractivity contribution in [3.63, 3.8) is 0 Å². The maximum atomic E-state index is 13.0. The number of fused-ring (bicyclic) bond motifs is 1. The van der Waals surface area contributed by atoms with Crippen LogP contribution in [0.25, 0.3) is 22.6 Å². The van der Waals surface area contributed by atoms with Crippen molar-refractivity contribution in [2.45, 2.75) is 27.7 Å². The van der Waals surface area contributed by atoms with Crippen molar-refractivity contribution in [2.24, 2.45) is 0 Å². The molecule has 0 saturated carbocycles. The van der Waals surface area contributed by atoms with Gasteiger partial charge in [-0.3, -0.25) is 4.79 Å². The molecule has 0 amide bonds. The highest BCUT2D eigenvalue weighted by atomic mass is 16.2. The molecule has 0 aliphatic rings. The molecule has 3 heterocycles. The topological polar surface area (TPSA) is 79.4 Å². The lowest BCUT2D eigenvalue weighted by atomic mass is 10.1. The maximum Gasteiger partial charge on any atom is 0.280 e. The van der Waals surface area contributed by atoms with Crippen molar-refractivity contribution in [3.8, 4) is 11.5 Å². The summed E-state index contributed by atoms with van der Waals surface area (Å²) in [5.74, 6) is 0.605. The van der Waals surface area contributed by atoms with Crippen molar-refractivity contribution in [2.75, 3.05) is 0 Å². The van der Waals surface area contributed by atoms with Crippen molar-refractivity contribution >= 4 is 16.9 Å². The lowest BCUT2D eigenvalue weighted by Crippen LogP contribution is -2.16. The molecule has 6 nitrogen and oxygen atoms in total. The zero-order chi connectivity index (χ0) is 17.7. The Morgan fingerprint density at radius 2 is 1.84 bits per heavy atom. The van der Waals surface area contributed by atoms with Gasteiger partial charge in [-0.1, -0.05) is 12.1 Å². The van der Waals surface area contributed by atoms with E-state index in [9.17, 15) is 4.79 Å². The smallest absolute Gasteiger partial charge is 0.280 e. The third-order valence-corrected chi connectivity index (χ3v) is 4.48. The summed E-state index contributed by atoms with van der Waals surface area (Å²) in [5, 5.41) is 4.32. The third-order valence-electron chi connectivity index (χ3n) is 4.48. The van der Waals surface area contributed by atoms with Crippen LogP contribution in [0, 0.1) is 27.7 Å². The molecule has 0 fully saturated rings. The van der Waals surface area contributed by atoms with Crippen molar-refractivity contribution in [3.05, 3.63) is 58.5 Å². The quantitative estimate of drug-likeness (QED) is 0.587. The molecular weight excluding hydrogens is 314 g/mol. The number of carbonyl (C=O) groups is 1. The molecule has 3 aromatic heterocycles. The number of benzene rings is 1. The van der Waals surface area contributed by atoms with Gasteiger partial charge in [-0.25, -0.2) is 9.67 Å². The van der Waals surface area contributed by atoms with Gasteiger partial charge in [0.1, 0.15) is 0 Å². The van der Waals surface area contributed by atoms with Gasteiger partial charge in [0.15, 0.2) is 5.82 Å². The Morgan fingerprint density at radius 3 is 2.52 bits per heavy atom. The Labute approximate surface area is 144 Å². The Hall–Kier alpha value is -3.15. The molecule has 2 N–H and O–H groups in total. The second-order valence-electron chi connectivity index (χ2n) is 6.37. The van der Waals surface area contributed by atoms with E-state index in [1.54, 1.807) is 0 Å². The summed E-state index contributed by atoms with van der Waals surface area (Å²) < 4.78 is 1.46. The van der Waals surface area contributed by atoms with Crippen LogP contribution in [-0.4, -0.2) is 30.6 Å². The van der Waals surface area contributed by atoms with E-state index in [2.05, 4.69) is 20.1 Å². The summed E-state index contributed by atoms with van der Waals surface area (Å²) in [5.41, 5.74) is 6.67. The molecule has 0 aliphatic heterocycles. The van der Waals surface area contributed by atoms with Gasteiger partial charge in [0.25, 0.3) is 5.91 Å². The molecule has 0 spiro atoms. The Kier molecular flexibility index (Phi) is 3.35. The van der Waals surface area contributed by atoms with Gasteiger partial charge < -0.3 is 9.97 Å². The lowest BCUT2D eigenvalue weighted by molar-refractivity contribution is 0.0941. The second kappa shape index (κ2) is 5.44. The van der Waals surface area contributed by atoms with Crippen LogP contribution in [0.15, 0.2) is 30.3 Å². The minimum Gasteiger partial charge on any atom is -0.355 e. The average molecular weight is 333 g/mol. The van der Waals surface area contributed by atoms with Crippen molar-refractivity contribution < 1.29 is 4.79 Å². The number of nitrogens with zero attached hydrogens (tertiary/aromatic N) is 3. The molecule has 0 aliphatic carbocycles. The molecule has 25 heavy (non-hydrogen) atoms. The van der Waals surface area contributed by atoms with E-state index in [0.29, 0.717) is 5.56 Å². The zero-order valence-electron chi connectivity index (χ0n) is 14.6. The molecule has 126 valence electrons. The summed E-state index contributed by atoms with van der Waals surface area (Å²) >= 11 is 0. The van der Waals surface area contributed by atoms with E-state index in [0.717, 1.165) is 45.2 Å². The number of imidazole rings is 1. The van der Waals surface area contributed by atoms with Gasteiger partial charge in [0, 0.05) is 11.4 Å². The Balaban J connectivity index is 1.84. The predicted molar refractivity (Wildman–Crippen MR) is 96.8 cm³/mol. The van der Waals surface area contributed by atoms with E-state index in [-0.39, 0.29) is 5.91 Å². The van der Waals surface area contributed by atoms with Crippen LogP contribution in [0.5, 0.6) is 0 Å². The highest BCUT2D eigenvalue weighted by molar-refractivity contribution is 6.00. The third kappa shape index (κ3) is 2.38. The van der Waals surface area contributed by atoms with Crippen LogP contribution in [0.1, 0.15) is 33.0 Å². The Bertz CT molecular complexity index is 1080. The maximum absolute atomic E-state index is 13.0. The fourth-order valence-electron chi connectivity index (χ4n) is 3.32. The van der Waals surface area contributed by atoms with E-state index >= 15 is 0 Å². The highest BCUT2D eigenvalue weighted by Gasteiger charge is 2.23. The van der Waals surface area contributed by atoms with Gasteiger partial charge >= 0.3 is 0 Å². The number of aryl methyl sites for hydroxylation is 3. The number of aromatic nitrogens is 5. The zero-order valence-corrected chi connectivity index (χ0v) is 14.6. The lowest BCUT2D eigenvalue weighted by Gasteiger charge is -2.04. The molecular formula is C19H19N5O. The normalized spacial score (nSPS) is 11.4. The first kappa shape index (κ1) is 15.4. The number of aromatic amines is 2. The number of hydrogen-bond acceptors (Lipinski definition) is 3. The number of rotatable bonds is 2. The first-order valence-electron chi connectivity index (χ1n) is 8.18. The monoisotopic (exact) mass is 333 g/mol. The minimum atomic E-state index is -0.126. The minimum absolute atomic E-state index is 0.126. The fraction of sp³-hybridized carbons (Fsp3) is 0.211. The van der Waals surface area contributed by atoms with Crippen LogP contribution in [0.3, 0.4) is 0 Å². The molecule has 0 bridgehead atoms. The SMILES string of the molecule is Cc1cc(C)n(C(=O)c2c(C)[nH]c(-c3nc4ccccc4[nH]3)c2C)n1. The predicted octanol–water partition coefficient (Wildman–Crippen LogP) is 3.68. The van der Waals surface area contributed by atoms with E-state index in [1.807, 2.05) is 58.0 Å². The molecule has 0 saturated heterocycles. The van der Waals surface area contributed by atoms with Crippen LogP contribution >= 0.6 is 0 Å². The van der Waals surface area contributed by atoms with Gasteiger partial charge in [-0.2, -0.15) is 5.10 Å². The largest absolute Gasteiger partial charge is 0.355 e. The summed E-state index contributed by atoms with van der Waals surface area (Å²) in [6.45, 7) is 7.60. The van der Waals surface area contributed by atoms with Crippen LogP contribution in [-0.2, 0) is 0 Å². The number of hydrogen-bond donors (Lipinski definition) is 2. The highest BCUT2D eigenvalue weighted by Crippen LogP contribution is 2.28. The number of carbonyl (C=O) groups excluding carboxylic acids is 1. The molecule has 0 unspecified atom stereocenters. The fourth-order valence-corrected chi connectivity index (χ4v) is 3.32. The molecule has 0 radical (unpaired) electrons. The number of para-hydroxylation sites is 2. The van der Waals surface area contributed by atoms with Gasteiger partial charge in [-0.05, 0) is 51.5 Å². The van der Waals surface area contributed by atoms with Crippen molar-refractivity contribution in [1.29, 1.82) is 0 Å². The molecule has 6 heteroatoms. The number of nitrogens with one attached hydrogen (secondary N) is 2. The van der Waals surface area contributed by atoms with E-state index in [4.69, 9.17) is 0 Å². The van der Waals surface area contributed by atoms with Gasteiger partial charge in [-0.15, -0.1) is 0 Å². The summed E-state index contributed by atoms with van der Waals surface area (Å²) in [7, 11) is 0. The Morgan fingerprint density at radius 1 is 1.08 bits per heavy atom. The van der Waals surface area contributed by atoms with Crippen LogP contribution in [0.4, 0.5) is 0 Å². The first-order chi connectivity index (χ1) is 12.0. The van der Waals surface area contributed by atoms with Crippen molar-refractivity contribution in [1.82, 2.24) is 24.7 Å². The van der Waals surface area contributed by atoms with E-state index < -0.39 is 0 Å². The van der Waals surface area contributed by atoms with E-state index in [1.165, 1.54) is 4.68 Å². The first-order valence-corrected chi connectivity index (χ1v) is 8.18. The molecule has 1 aromatic carbocycles. The van der Waals surface area contributed by atoms with Crippen LogP contribution < -0.4 is 0 Å². The van der Waals surface area contributed by atoms with Crippen LogP contribution in [0.2, 0.25) is 0 Å². The summed E-state index contributed by atoms with van der Waals surface area (Å²) in [6, 6.07) is 9.77.